The standard InChI is InChI=1S/C28H29N3O5S/c1-4-35-24-14-22-23(15-25(24)36-5-2)30-28(37)31(27(22)33)17-19-6-10-20(11-7-19)26(32)29-16-18-8-12-21(34-3)13-9-18/h6-15H,4-5,16-17H2,1-3H3,(H,29,32)(H,30,37). The van der Waals surface area contributed by atoms with Crippen LogP contribution in [-0.4, -0.2) is 35.8 Å². The predicted octanol–water partition coefficient (Wildman–Crippen LogP) is 4.84. The zero-order valence-corrected chi connectivity index (χ0v) is 21.8. The summed E-state index contributed by atoms with van der Waals surface area (Å²) in [6.45, 7) is 5.34. The molecule has 0 atom stereocenters. The Balaban J connectivity index is 1.51. The van der Waals surface area contributed by atoms with Crippen LogP contribution in [0.15, 0.2) is 65.5 Å². The zero-order valence-electron chi connectivity index (χ0n) is 21.0. The molecule has 0 spiro atoms. The van der Waals surface area contributed by atoms with Crippen LogP contribution in [0.1, 0.15) is 35.3 Å². The molecule has 192 valence electrons. The number of aromatic amines is 1. The summed E-state index contributed by atoms with van der Waals surface area (Å²) in [5, 5.41) is 3.36. The molecule has 0 saturated carbocycles. The molecule has 0 unspecified atom stereocenters. The minimum absolute atomic E-state index is 0.184. The molecule has 2 N–H and O–H groups in total. The van der Waals surface area contributed by atoms with E-state index in [1.54, 1.807) is 31.4 Å². The zero-order chi connectivity index (χ0) is 26.4. The molecule has 1 heterocycles. The van der Waals surface area contributed by atoms with Crippen LogP contribution in [0.5, 0.6) is 17.2 Å². The van der Waals surface area contributed by atoms with Gasteiger partial charge in [0.25, 0.3) is 11.5 Å². The van der Waals surface area contributed by atoms with E-state index in [1.165, 1.54) is 4.57 Å². The second-order valence-electron chi connectivity index (χ2n) is 8.26. The van der Waals surface area contributed by atoms with Crippen molar-refractivity contribution in [3.05, 3.63) is 92.5 Å². The number of nitrogens with zero attached hydrogens (tertiary/aromatic N) is 1. The number of amides is 1. The van der Waals surface area contributed by atoms with Crippen LogP contribution in [0, 0.1) is 4.77 Å². The lowest BCUT2D eigenvalue weighted by Gasteiger charge is -2.14. The number of carbonyl (C=O) groups is 1. The van der Waals surface area contributed by atoms with E-state index < -0.39 is 0 Å². The first-order valence-electron chi connectivity index (χ1n) is 12.0. The minimum Gasteiger partial charge on any atom is -0.497 e. The molecule has 1 amide bonds. The first-order valence-corrected chi connectivity index (χ1v) is 12.4. The SMILES string of the molecule is CCOc1cc2[nH]c(=S)n(Cc3ccc(C(=O)NCc4ccc(OC)cc4)cc3)c(=O)c2cc1OCC. The summed E-state index contributed by atoms with van der Waals surface area (Å²) in [4.78, 5) is 29.0. The van der Waals surface area contributed by atoms with Crippen molar-refractivity contribution in [1.82, 2.24) is 14.9 Å². The monoisotopic (exact) mass is 519 g/mol. The Morgan fingerprint density at radius 3 is 2.19 bits per heavy atom. The molecule has 0 aliphatic carbocycles. The lowest BCUT2D eigenvalue weighted by atomic mass is 10.1. The van der Waals surface area contributed by atoms with Crippen molar-refractivity contribution in [1.29, 1.82) is 0 Å². The summed E-state index contributed by atoms with van der Waals surface area (Å²) in [7, 11) is 1.61. The molecule has 4 rings (SSSR count). The molecule has 0 radical (unpaired) electrons. The number of hydrogen-bond donors (Lipinski definition) is 2. The second-order valence-corrected chi connectivity index (χ2v) is 8.65. The van der Waals surface area contributed by atoms with Gasteiger partial charge in [0.05, 0.1) is 37.8 Å². The lowest BCUT2D eigenvalue weighted by Crippen LogP contribution is -2.24. The number of H-pyrrole nitrogens is 1. The molecule has 4 aromatic rings. The van der Waals surface area contributed by atoms with Gasteiger partial charge in [0.1, 0.15) is 5.75 Å². The highest BCUT2D eigenvalue weighted by molar-refractivity contribution is 7.71. The highest BCUT2D eigenvalue weighted by Gasteiger charge is 2.13. The number of aromatic nitrogens is 2. The molecular weight excluding hydrogens is 490 g/mol. The number of hydrogen-bond acceptors (Lipinski definition) is 6. The van der Waals surface area contributed by atoms with E-state index >= 15 is 0 Å². The maximum absolute atomic E-state index is 13.3. The Labute approximate surface area is 219 Å². The summed E-state index contributed by atoms with van der Waals surface area (Å²) >= 11 is 5.49. The van der Waals surface area contributed by atoms with E-state index in [4.69, 9.17) is 26.4 Å². The van der Waals surface area contributed by atoms with Gasteiger partial charge in [-0.25, -0.2) is 0 Å². The average molecular weight is 520 g/mol. The van der Waals surface area contributed by atoms with E-state index in [1.807, 2.05) is 50.2 Å². The third kappa shape index (κ3) is 6.00. The van der Waals surface area contributed by atoms with Crippen molar-refractivity contribution < 1.29 is 19.0 Å². The lowest BCUT2D eigenvalue weighted by molar-refractivity contribution is 0.0951. The van der Waals surface area contributed by atoms with Gasteiger partial charge in [0.15, 0.2) is 16.3 Å². The van der Waals surface area contributed by atoms with Crippen molar-refractivity contribution in [2.24, 2.45) is 0 Å². The van der Waals surface area contributed by atoms with Crippen molar-refractivity contribution in [3.63, 3.8) is 0 Å². The van der Waals surface area contributed by atoms with Crippen LogP contribution in [0.3, 0.4) is 0 Å². The van der Waals surface area contributed by atoms with E-state index in [0.717, 1.165) is 16.9 Å². The molecule has 9 heteroatoms. The summed E-state index contributed by atoms with van der Waals surface area (Å²) in [6.07, 6.45) is 0. The minimum atomic E-state index is -0.232. The van der Waals surface area contributed by atoms with E-state index in [0.29, 0.717) is 52.5 Å². The summed E-state index contributed by atoms with van der Waals surface area (Å²) < 4.78 is 18.3. The van der Waals surface area contributed by atoms with Crippen LogP contribution >= 0.6 is 12.2 Å². The molecule has 8 nitrogen and oxygen atoms in total. The second kappa shape index (κ2) is 11.7. The van der Waals surface area contributed by atoms with Gasteiger partial charge in [0.2, 0.25) is 0 Å². The molecule has 1 aromatic heterocycles. The number of ether oxygens (including phenoxy) is 3. The van der Waals surface area contributed by atoms with Gasteiger partial charge >= 0.3 is 0 Å². The number of fused-ring (bicyclic) bond motifs is 1. The van der Waals surface area contributed by atoms with Gasteiger partial charge in [0, 0.05) is 18.2 Å². The maximum Gasteiger partial charge on any atom is 0.262 e. The van der Waals surface area contributed by atoms with Crippen LogP contribution in [0.2, 0.25) is 0 Å². The largest absolute Gasteiger partial charge is 0.497 e. The van der Waals surface area contributed by atoms with Gasteiger partial charge in [-0.05, 0) is 67.5 Å². The Hall–Kier alpha value is -4.11. The van der Waals surface area contributed by atoms with E-state index in [9.17, 15) is 9.59 Å². The fraction of sp³-hybridized carbons (Fsp3) is 0.250. The molecule has 37 heavy (non-hydrogen) atoms. The fourth-order valence-electron chi connectivity index (χ4n) is 3.91. The summed E-state index contributed by atoms with van der Waals surface area (Å²) in [6, 6.07) is 18.0. The van der Waals surface area contributed by atoms with Gasteiger partial charge in [-0.15, -0.1) is 0 Å². The Morgan fingerprint density at radius 1 is 0.946 bits per heavy atom. The van der Waals surface area contributed by atoms with Gasteiger partial charge < -0.3 is 24.5 Å². The highest BCUT2D eigenvalue weighted by Crippen LogP contribution is 2.31. The maximum atomic E-state index is 13.3. The molecule has 3 aromatic carbocycles. The van der Waals surface area contributed by atoms with Crippen LogP contribution < -0.4 is 25.1 Å². The van der Waals surface area contributed by atoms with Crippen molar-refractivity contribution in [2.45, 2.75) is 26.9 Å². The average Bonchev–Trinajstić information content (AvgIpc) is 2.91. The first-order chi connectivity index (χ1) is 17.9. The quantitative estimate of drug-likeness (QED) is 0.291. The van der Waals surface area contributed by atoms with Crippen molar-refractivity contribution in [3.8, 4) is 17.2 Å². The van der Waals surface area contributed by atoms with E-state index in [-0.39, 0.29) is 18.0 Å². The van der Waals surface area contributed by atoms with Crippen molar-refractivity contribution >= 4 is 29.0 Å². The van der Waals surface area contributed by atoms with Gasteiger partial charge in [-0.2, -0.15) is 0 Å². The number of rotatable bonds is 10. The van der Waals surface area contributed by atoms with Gasteiger partial charge in [-0.1, -0.05) is 24.3 Å². The highest BCUT2D eigenvalue weighted by atomic mass is 32.1. The molecule has 0 saturated heterocycles. The number of methoxy groups -OCH3 is 1. The normalized spacial score (nSPS) is 10.8. The van der Waals surface area contributed by atoms with Crippen LogP contribution in [0.4, 0.5) is 0 Å². The molecule has 0 aliphatic rings. The summed E-state index contributed by atoms with van der Waals surface area (Å²) in [5.41, 5.74) is 2.68. The fourth-order valence-corrected chi connectivity index (χ4v) is 4.17. The van der Waals surface area contributed by atoms with Gasteiger partial charge in [-0.3, -0.25) is 14.2 Å². The third-order valence-corrected chi connectivity index (χ3v) is 6.14. The Kier molecular flexibility index (Phi) is 8.25. The molecule has 0 bridgehead atoms. The van der Waals surface area contributed by atoms with Crippen LogP contribution in [0.25, 0.3) is 10.9 Å². The third-order valence-electron chi connectivity index (χ3n) is 5.81. The number of benzene rings is 3. The number of nitrogens with one attached hydrogen (secondary N) is 2. The number of carbonyl (C=O) groups excluding carboxylic acids is 1. The van der Waals surface area contributed by atoms with Crippen LogP contribution in [-0.2, 0) is 13.1 Å². The summed E-state index contributed by atoms with van der Waals surface area (Å²) in [5.74, 6) is 1.65. The predicted molar refractivity (Wildman–Crippen MR) is 145 cm³/mol. The Bertz CT molecular complexity index is 1510. The smallest absolute Gasteiger partial charge is 0.262 e. The Morgan fingerprint density at radius 2 is 1.57 bits per heavy atom. The molecule has 0 fully saturated rings. The van der Waals surface area contributed by atoms with E-state index in [2.05, 4.69) is 10.3 Å². The molecular formula is C28H29N3O5S. The first kappa shape index (κ1) is 26.0. The van der Waals surface area contributed by atoms with Crippen molar-refractivity contribution in [2.75, 3.05) is 20.3 Å². The topological polar surface area (TPSA) is 94.6 Å². The molecule has 0 aliphatic heterocycles.